The lowest BCUT2D eigenvalue weighted by Crippen LogP contribution is -2.20. The van der Waals surface area contributed by atoms with Crippen molar-refractivity contribution < 1.29 is 9.53 Å². The highest BCUT2D eigenvalue weighted by Crippen LogP contribution is 2.29. The Bertz CT molecular complexity index is 230. The Labute approximate surface area is 86.3 Å². The number of ether oxygens (including phenoxy) is 1. The highest BCUT2D eigenvalue weighted by atomic mass is 16.5. The van der Waals surface area contributed by atoms with Crippen LogP contribution < -0.4 is 0 Å². The van der Waals surface area contributed by atoms with Crippen LogP contribution in [0.2, 0.25) is 0 Å². The molecule has 1 aliphatic carbocycles. The molecular formula is C12H20O2. The number of carbonyl (C=O) groups excluding carboxylic acids is 1. The molecule has 0 radical (unpaired) electrons. The summed E-state index contributed by atoms with van der Waals surface area (Å²) in [5, 5.41) is 0. The molecule has 0 aromatic rings. The fourth-order valence-corrected chi connectivity index (χ4v) is 1.99. The van der Waals surface area contributed by atoms with Crippen molar-refractivity contribution in [3.63, 3.8) is 0 Å². The van der Waals surface area contributed by atoms with Crippen molar-refractivity contribution in [1.82, 2.24) is 0 Å². The minimum absolute atomic E-state index is 0.284. The lowest BCUT2D eigenvalue weighted by Gasteiger charge is -2.26. The molecule has 0 N–H and O–H groups in total. The minimum atomic E-state index is 0.284. The standard InChI is InChI=1S/C12H20O2/c1-9-8-12(14-3)7-6-11(9)5-4-10(2)13/h6,9,12H,4-5,7-8H2,1-3H3. The Morgan fingerprint density at radius 3 is 2.86 bits per heavy atom. The number of Topliss-reactive ketones (excluding diaryl/α,β-unsaturated/α-hetero) is 1. The van der Waals surface area contributed by atoms with E-state index in [4.69, 9.17) is 4.74 Å². The molecule has 0 amide bonds. The summed E-state index contributed by atoms with van der Waals surface area (Å²) in [6.45, 7) is 3.88. The molecule has 0 saturated heterocycles. The molecule has 80 valence electrons. The van der Waals surface area contributed by atoms with E-state index in [1.54, 1.807) is 14.0 Å². The van der Waals surface area contributed by atoms with E-state index in [-0.39, 0.29) is 5.78 Å². The van der Waals surface area contributed by atoms with Gasteiger partial charge in [-0.1, -0.05) is 18.6 Å². The molecule has 1 aliphatic rings. The van der Waals surface area contributed by atoms with E-state index in [0.29, 0.717) is 18.4 Å². The van der Waals surface area contributed by atoms with Crippen LogP contribution in [0.5, 0.6) is 0 Å². The molecule has 0 aromatic heterocycles. The van der Waals surface area contributed by atoms with Gasteiger partial charge in [0, 0.05) is 13.5 Å². The summed E-state index contributed by atoms with van der Waals surface area (Å²) < 4.78 is 5.32. The third-order valence-electron chi connectivity index (χ3n) is 2.99. The number of hydrogen-bond donors (Lipinski definition) is 0. The van der Waals surface area contributed by atoms with Crippen LogP contribution in [0.15, 0.2) is 11.6 Å². The first-order valence-corrected chi connectivity index (χ1v) is 5.34. The van der Waals surface area contributed by atoms with Gasteiger partial charge in [-0.2, -0.15) is 0 Å². The van der Waals surface area contributed by atoms with Crippen molar-refractivity contribution in [1.29, 1.82) is 0 Å². The van der Waals surface area contributed by atoms with Gasteiger partial charge < -0.3 is 9.53 Å². The predicted molar refractivity (Wildman–Crippen MR) is 57.2 cm³/mol. The summed E-state index contributed by atoms with van der Waals surface area (Å²) >= 11 is 0. The first-order chi connectivity index (χ1) is 6.63. The van der Waals surface area contributed by atoms with Crippen LogP contribution in [0.1, 0.15) is 39.5 Å². The quantitative estimate of drug-likeness (QED) is 0.646. The lowest BCUT2D eigenvalue weighted by atomic mass is 9.85. The van der Waals surface area contributed by atoms with Gasteiger partial charge in [0.05, 0.1) is 6.10 Å². The second kappa shape index (κ2) is 5.30. The Balaban J connectivity index is 2.45. The van der Waals surface area contributed by atoms with Gasteiger partial charge in [0.2, 0.25) is 0 Å². The van der Waals surface area contributed by atoms with Crippen molar-refractivity contribution in [2.75, 3.05) is 7.11 Å². The number of rotatable bonds is 4. The summed E-state index contributed by atoms with van der Waals surface area (Å²) in [6, 6.07) is 0. The van der Waals surface area contributed by atoms with Gasteiger partial charge in [0.25, 0.3) is 0 Å². The molecule has 0 spiro atoms. The third kappa shape index (κ3) is 3.26. The summed E-state index contributed by atoms with van der Waals surface area (Å²) in [5.41, 5.74) is 1.44. The molecule has 0 aromatic carbocycles. The van der Waals surface area contributed by atoms with Crippen molar-refractivity contribution in [2.24, 2.45) is 5.92 Å². The second-order valence-corrected chi connectivity index (χ2v) is 4.21. The SMILES string of the molecule is COC1CC=C(CCC(C)=O)C(C)C1. The molecule has 1 rings (SSSR count). The molecule has 2 nitrogen and oxygen atoms in total. The normalized spacial score (nSPS) is 27.2. The van der Waals surface area contributed by atoms with Crippen LogP contribution >= 0.6 is 0 Å². The average Bonchev–Trinajstić information content (AvgIpc) is 2.15. The van der Waals surface area contributed by atoms with Crippen LogP contribution in [0.3, 0.4) is 0 Å². The number of methoxy groups -OCH3 is 1. The van der Waals surface area contributed by atoms with Crippen molar-refractivity contribution in [2.45, 2.75) is 45.6 Å². The number of carbonyl (C=O) groups is 1. The van der Waals surface area contributed by atoms with E-state index in [1.165, 1.54) is 5.57 Å². The summed E-state index contributed by atoms with van der Waals surface area (Å²) in [7, 11) is 1.77. The van der Waals surface area contributed by atoms with Crippen molar-refractivity contribution in [3.05, 3.63) is 11.6 Å². The molecule has 0 bridgehead atoms. The minimum Gasteiger partial charge on any atom is -0.381 e. The molecule has 14 heavy (non-hydrogen) atoms. The summed E-state index contributed by atoms with van der Waals surface area (Å²) in [4.78, 5) is 10.9. The maximum Gasteiger partial charge on any atom is 0.130 e. The molecule has 2 heteroatoms. The molecule has 0 saturated carbocycles. The van der Waals surface area contributed by atoms with E-state index >= 15 is 0 Å². The van der Waals surface area contributed by atoms with E-state index in [2.05, 4.69) is 13.0 Å². The second-order valence-electron chi connectivity index (χ2n) is 4.21. The Morgan fingerprint density at radius 2 is 2.36 bits per heavy atom. The van der Waals surface area contributed by atoms with Gasteiger partial charge in [-0.25, -0.2) is 0 Å². The fraction of sp³-hybridized carbons (Fsp3) is 0.750. The highest BCUT2D eigenvalue weighted by molar-refractivity contribution is 5.75. The maximum atomic E-state index is 10.9. The van der Waals surface area contributed by atoms with Gasteiger partial charge in [-0.05, 0) is 32.1 Å². The Morgan fingerprint density at radius 1 is 1.64 bits per heavy atom. The van der Waals surface area contributed by atoms with E-state index < -0.39 is 0 Å². The van der Waals surface area contributed by atoms with Crippen LogP contribution in [0, 0.1) is 5.92 Å². The molecule has 0 heterocycles. The van der Waals surface area contributed by atoms with Crippen LogP contribution in [-0.4, -0.2) is 19.0 Å². The summed E-state index contributed by atoms with van der Waals surface area (Å²) in [5.74, 6) is 0.861. The number of hydrogen-bond acceptors (Lipinski definition) is 2. The lowest BCUT2D eigenvalue weighted by molar-refractivity contribution is -0.117. The molecular weight excluding hydrogens is 176 g/mol. The van der Waals surface area contributed by atoms with Gasteiger partial charge in [0.15, 0.2) is 0 Å². The molecule has 0 aliphatic heterocycles. The van der Waals surface area contributed by atoms with Gasteiger partial charge in [-0.3, -0.25) is 0 Å². The molecule has 0 fully saturated rings. The molecule has 2 unspecified atom stereocenters. The number of ketones is 1. The third-order valence-corrected chi connectivity index (χ3v) is 2.99. The zero-order valence-corrected chi connectivity index (χ0v) is 9.38. The Hall–Kier alpha value is -0.630. The average molecular weight is 196 g/mol. The smallest absolute Gasteiger partial charge is 0.130 e. The molecule has 2 atom stereocenters. The van der Waals surface area contributed by atoms with Gasteiger partial charge in [0.1, 0.15) is 5.78 Å². The van der Waals surface area contributed by atoms with Crippen LogP contribution in [0.4, 0.5) is 0 Å². The van der Waals surface area contributed by atoms with Gasteiger partial charge in [-0.15, -0.1) is 0 Å². The monoisotopic (exact) mass is 196 g/mol. The Kier molecular flexibility index (Phi) is 4.33. The highest BCUT2D eigenvalue weighted by Gasteiger charge is 2.20. The fourth-order valence-electron chi connectivity index (χ4n) is 1.99. The van der Waals surface area contributed by atoms with E-state index in [0.717, 1.165) is 19.3 Å². The van der Waals surface area contributed by atoms with Crippen molar-refractivity contribution in [3.8, 4) is 0 Å². The first-order valence-electron chi connectivity index (χ1n) is 5.34. The van der Waals surface area contributed by atoms with Crippen LogP contribution in [0.25, 0.3) is 0 Å². The van der Waals surface area contributed by atoms with E-state index in [9.17, 15) is 4.79 Å². The largest absolute Gasteiger partial charge is 0.381 e. The first kappa shape index (κ1) is 11.4. The van der Waals surface area contributed by atoms with Crippen LogP contribution in [-0.2, 0) is 9.53 Å². The predicted octanol–water partition coefficient (Wildman–Crippen LogP) is 2.73. The topological polar surface area (TPSA) is 26.3 Å². The zero-order valence-electron chi connectivity index (χ0n) is 9.38. The van der Waals surface area contributed by atoms with Gasteiger partial charge >= 0.3 is 0 Å². The maximum absolute atomic E-state index is 10.9. The van der Waals surface area contributed by atoms with E-state index in [1.807, 2.05) is 0 Å². The zero-order chi connectivity index (χ0) is 10.6. The number of allylic oxidation sites excluding steroid dienone is 1. The van der Waals surface area contributed by atoms with Crippen molar-refractivity contribution >= 4 is 5.78 Å². The summed E-state index contributed by atoms with van der Waals surface area (Å²) in [6.07, 6.45) is 6.37.